The van der Waals surface area contributed by atoms with Crippen LogP contribution in [0.25, 0.3) is 0 Å². The predicted octanol–water partition coefficient (Wildman–Crippen LogP) is 2.08. The van der Waals surface area contributed by atoms with E-state index in [1.165, 1.54) is 0 Å². The largest absolute Gasteiger partial charge is 0.495 e. The molecular formula is C14H25N3O. The summed E-state index contributed by atoms with van der Waals surface area (Å²) in [6.07, 6.45) is 3.97. The number of nitrogens with zero attached hydrogens (tertiary/aromatic N) is 2. The van der Waals surface area contributed by atoms with Crippen LogP contribution < -0.4 is 10.1 Å². The molecular weight excluding hydrogens is 226 g/mol. The predicted molar refractivity (Wildman–Crippen MR) is 75.0 cm³/mol. The Kier molecular flexibility index (Phi) is 6.68. The van der Waals surface area contributed by atoms with Crippen molar-refractivity contribution in [3.63, 3.8) is 0 Å². The van der Waals surface area contributed by atoms with Gasteiger partial charge in [0.2, 0.25) is 0 Å². The first-order chi connectivity index (χ1) is 8.69. The van der Waals surface area contributed by atoms with Crippen molar-refractivity contribution in [1.29, 1.82) is 0 Å². The minimum Gasteiger partial charge on any atom is -0.495 e. The van der Waals surface area contributed by atoms with Crippen LogP contribution >= 0.6 is 0 Å². The molecule has 1 aromatic rings. The molecule has 4 heteroatoms. The summed E-state index contributed by atoms with van der Waals surface area (Å²) in [6, 6.07) is 4.13. The van der Waals surface area contributed by atoms with Crippen LogP contribution in [-0.2, 0) is 0 Å². The van der Waals surface area contributed by atoms with Gasteiger partial charge in [0, 0.05) is 6.20 Å². The fraction of sp³-hybridized carbons (Fsp3) is 0.643. The Hall–Kier alpha value is -1.13. The molecule has 0 spiro atoms. The van der Waals surface area contributed by atoms with Gasteiger partial charge in [0.15, 0.2) is 0 Å². The smallest absolute Gasteiger partial charge is 0.141 e. The van der Waals surface area contributed by atoms with E-state index >= 15 is 0 Å². The Balaban J connectivity index is 2.79. The molecule has 1 unspecified atom stereocenters. The number of aromatic nitrogens is 1. The molecule has 0 aliphatic rings. The molecule has 1 atom stereocenters. The van der Waals surface area contributed by atoms with Gasteiger partial charge in [-0.05, 0) is 52.2 Å². The summed E-state index contributed by atoms with van der Waals surface area (Å²) in [4.78, 5) is 6.67. The van der Waals surface area contributed by atoms with Crippen LogP contribution in [0.5, 0.6) is 5.75 Å². The number of ether oxygens (including phenoxy) is 1. The average molecular weight is 251 g/mol. The first-order valence-corrected chi connectivity index (χ1v) is 6.56. The highest BCUT2D eigenvalue weighted by molar-refractivity contribution is 5.29. The Bertz CT molecular complexity index is 342. The fourth-order valence-corrected chi connectivity index (χ4v) is 1.88. The lowest BCUT2D eigenvalue weighted by molar-refractivity contribution is 0.346. The number of pyridine rings is 1. The second-order valence-corrected chi connectivity index (χ2v) is 4.69. The molecule has 1 aromatic heterocycles. The summed E-state index contributed by atoms with van der Waals surface area (Å²) < 4.78 is 5.40. The molecule has 0 fully saturated rings. The molecule has 0 radical (unpaired) electrons. The van der Waals surface area contributed by atoms with Crippen LogP contribution in [0.2, 0.25) is 0 Å². The molecule has 18 heavy (non-hydrogen) atoms. The Labute approximate surface area is 110 Å². The number of methoxy groups -OCH3 is 1. The van der Waals surface area contributed by atoms with Crippen molar-refractivity contribution < 1.29 is 4.74 Å². The van der Waals surface area contributed by atoms with Crippen molar-refractivity contribution in [2.45, 2.75) is 25.8 Å². The molecule has 0 bridgehead atoms. The van der Waals surface area contributed by atoms with E-state index in [0.717, 1.165) is 37.4 Å². The van der Waals surface area contributed by atoms with Gasteiger partial charge in [-0.15, -0.1) is 0 Å². The third kappa shape index (κ3) is 4.63. The molecule has 0 saturated carbocycles. The zero-order valence-corrected chi connectivity index (χ0v) is 11.9. The van der Waals surface area contributed by atoms with Crippen LogP contribution in [0, 0.1) is 0 Å². The number of nitrogens with one attached hydrogen (secondary N) is 1. The molecule has 4 nitrogen and oxygen atoms in total. The number of rotatable bonds is 8. The number of hydrogen-bond donors (Lipinski definition) is 1. The summed E-state index contributed by atoms with van der Waals surface area (Å²) in [5.41, 5.74) is 1.01. The summed E-state index contributed by atoms with van der Waals surface area (Å²) in [5, 5.41) is 3.55. The zero-order valence-electron chi connectivity index (χ0n) is 11.9. The van der Waals surface area contributed by atoms with E-state index in [1.807, 2.05) is 18.3 Å². The minimum absolute atomic E-state index is 0.253. The van der Waals surface area contributed by atoms with E-state index in [0.29, 0.717) is 0 Å². The van der Waals surface area contributed by atoms with Gasteiger partial charge in [-0.25, -0.2) is 0 Å². The van der Waals surface area contributed by atoms with Crippen LogP contribution in [0.3, 0.4) is 0 Å². The lowest BCUT2D eigenvalue weighted by Crippen LogP contribution is -2.27. The van der Waals surface area contributed by atoms with Gasteiger partial charge in [0.1, 0.15) is 5.75 Å². The summed E-state index contributed by atoms with van der Waals surface area (Å²) in [7, 11) is 5.88. The van der Waals surface area contributed by atoms with Gasteiger partial charge in [0.25, 0.3) is 0 Å². The third-order valence-corrected chi connectivity index (χ3v) is 2.86. The highest BCUT2D eigenvalue weighted by Crippen LogP contribution is 2.24. The van der Waals surface area contributed by atoms with E-state index in [9.17, 15) is 0 Å². The molecule has 0 saturated heterocycles. The maximum atomic E-state index is 5.40. The topological polar surface area (TPSA) is 37.4 Å². The maximum absolute atomic E-state index is 5.40. The molecule has 1 heterocycles. The van der Waals surface area contributed by atoms with Gasteiger partial charge in [-0.2, -0.15) is 0 Å². The van der Waals surface area contributed by atoms with Crippen molar-refractivity contribution in [3.8, 4) is 5.75 Å². The van der Waals surface area contributed by atoms with Crippen molar-refractivity contribution >= 4 is 0 Å². The lowest BCUT2D eigenvalue weighted by atomic mass is 10.1. The molecule has 0 aliphatic heterocycles. The van der Waals surface area contributed by atoms with Crippen molar-refractivity contribution in [3.05, 3.63) is 24.0 Å². The van der Waals surface area contributed by atoms with Crippen LogP contribution in [0.4, 0.5) is 0 Å². The van der Waals surface area contributed by atoms with Crippen molar-refractivity contribution in [2.24, 2.45) is 0 Å². The molecule has 0 aromatic carbocycles. The second kappa shape index (κ2) is 8.06. The van der Waals surface area contributed by atoms with Crippen LogP contribution in [0.15, 0.2) is 18.3 Å². The molecule has 102 valence electrons. The highest BCUT2D eigenvalue weighted by Gasteiger charge is 2.16. The monoisotopic (exact) mass is 251 g/mol. The normalized spacial score (nSPS) is 12.7. The van der Waals surface area contributed by atoms with E-state index in [4.69, 9.17) is 4.74 Å². The third-order valence-electron chi connectivity index (χ3n) is 2.86. The van der Waals surface area contributed by atoms with Crippen molar-refractivity contribution in [2.75, 3.05) is 34.3 Å². The highest BCUT2D eigenvalue weighted by atomic mass is 16.5. The zero-order chi connectivity index (χ0) is 13.4. The minimum atomic E-state index is 0.253. The molecule has 0 amide bonds. The summed E-state index contributed by atoms with van der Waals surface area (Å²) >= 11 is 0. The molecule has 1 N–H and O–H groups in total. The summed E-state index contributed by atoms with van der Waals surface area (Å²) in [5.74, 6) is 0.866. The molecule has 1 rings (SSSR count). The van der Waals surface area contributed by atoms with E-state index in [-0.39, 0.29) is 6.04 Å². The van der Waals surface area contributed by atoms with Gasteiger partial charge in [0.05, 0.1) is 18.8 Å². The van der Waals surface area contributed by atoms with Crippen LogP contribution in [-0.4, -0.2) is 44.2 Å². The molecule has 0 aliphatic carbocycles. The lowest BCUT2D eigenvalue weighted by Gasteiger charge is -2.21. The van der Waals surface area contributed by atoms with Crippen molar-refractivity contribution in [1.82, 2.24) is 15.2 Å². The Morgan fingerprint density at radius 3 is 2.83 bits per heavy atom. The fourth-order valence-electron chi connectivity index (χ4n) is 1.88. The quantitative estimate of drug-likeness (QED) is 0.767. The maximum Gasteiger partial charge on any atom is 0.141 e. The number of hydrogen-bond acceptors (Lipinski definition) is 4. The SMILES string of the molecule is CCCNC(CCN(C)C)c1ncccc1OC. The van der Waals surface area contributed by atoms with E-state index in [2.05, 4.69) is 36.2 Å². The van der Waals surface area contributed by atoms with E-state index in [1.54, 1.807) is 7.11 Å². The first kappa shape index (κ1) is 14.9. The Morgan fingerprint density at radius 1 is 1.44 bits per heavy atom. The standard InChI is InChI=1S/C14H25N3O/c1-5-9-15-12(8-11-17(2)3)14-13(18-4)7-6-10-16-14/h6-7,10,12,15H,5,8-9,11H2,1-4H3. The first-order valence-electron chi connectivity index (χ1n) is 6.56. The van der Waals surface area contributed by atoms with E-state index < -0.39 is 0 Å². The average Bonchev–Trinajstić information content (AvgIpc) is 2.38. The van der Waals surface area contributed by atoms with Gasteiger partial charge < -0.3 is 15.0 Å². The van der Waals surface area contributed by atoms with Gasteiger partial charge >= 0.3 is 0 Å². The van der Waals surface area contributed by atoms with Crippen LogP contribution in [0.1, 0.15) is 31.5 Å². The summed E-state index contributed by atoms with van der Waals surface area (Å²) in [6.45, 7) is 4.20. The second-order valence-electron chi connectivity index (χ2n) is 4.69. The van der Waals surface area contributed by atoms with Gasteiger partial charge in [-0.1, -0.05) is 6.92 Å². The Morgan fingerprint density at radius 2 is 2.22 bits per heavy atom. The van der Waals surface area contributed by atoms with Gasteiger partial charge in [-0.3, -0.25) is 4.98 Å².